The molecule has 0 saturated carbocycles. The summed E-state index contributed by atoms with van der Waals surface area (Å²) in [7, 11) is 1.90. The number of carbonyl (C=O) groups is 1. The number of methoxy groups -OCH3 is 1. The molecule has 1 aromatic heterocycles. The van der Waals surface area contributed by atoms with Crippen molar-refractivity contribution < 1.29 is 66.8 Å². The van der Waals surface area contributed by atoms with E-state index in [2.05, 4.69) is 15.2 Å². The van der Waals surface area contributed by atoms with Gasteiger partial charge in [-0.3, -0.25) is 4.79 Å². The van der Waals surface area contributed by atoms with Crippen molar-refractivity contribution >= 4 is 15.8 Å². The first kappa shape index (κ1) is 61.1. The number of likely N-dealkylation sites (N-methyl/N-ethyl adjacent to an activating group) is 2. The number of hydrogen-bond acceptors (Lipinski definition) is 17. The molecule has 20 heteroatoms. The zero-order chi connectivity index (χ0) is 54.7. The molecule has 0 amide bonds. The number of aromatic nitrogens is 3. The van der Waals surface area contributed by atoms with Crippen molar-refractivity contribution in [2.24, 2.45) is 23.7 Å². The summed E-state index contributed by atoms with van der Waals surface area (Å²) in [6, 6.07) is 4.76. The van der Waals surface area contributed by atoms with Crippen LogP contribution in [0.2, 0.25) is 0 Å². The van der Waals surface area contributed by atoms with Crippen LogP contribution in [0.5, 0.6) is 0 Å². The summed E-state index contributed by atoms with van der Waals surface area (Å²) < 4.78 is 72.2. The second-order valence-corrected chi connectivity index (χ2v) is 24.9. The fraction of sp³-hybridized carbons (Fsp3) is 0.830. The van der Waals surface area contributed by atoms with Crippen LogP contribution in [-0.2, 0) is 44.7 Å². The Morgan fingerprint density at radius 3 is 2.23 bits per heavy atom. The van der Waals surface area contributed by atoms with E-state index in [-0.39, 0.29) is 42.1 Å². The zero-order valence-electron chi connectivity index (χ0n) is 46.1. The molecular formula is C53H90FN5O13S. The highest BCUT2D eigenvalue weighted by Gasteiger charge is 2.55. The number of alkyl halides is 1. The van der Waals surface area contributed by atoms with Gasteiger partial charge in [0.05, 0.1) is 58.2 Å². The summed E-state index contributed by atoms with van der Waals surface area (Å²) in [5.74, 6) is -3.57. The molecule has 18 nitrogen and oxygen atoms in total. The van der Waals surface area contributed by atoms with Crippen molar-refractivity contribution in [1.29, 1.82) is 0 Å². The van der Waals surface area contributed by atoms with E-state index in [0.717, 1.165) is 11.8 Å². The number of cyclic esters (lactones) is 1. The van der Waals surface area contributed by atoms with Crippen molar-refractivity contribution in [3.63, 3.8) is 0 Å². The van der Waals surface area contributed by atoms with Crippen molar-refractivity contribution in [1.82, 2.24) is 24.8 Å². The number of aliphatic hydroxyl groups excluding tert-OH is 3. The van der Waals surface area contributed by atoms with E-state index in [1.807, 2.05) is 46.7 Å². The summed E-state index contributed by atoms with van der Waals surface area (Å²) in [5, 5.41) is 68.7. The molecule has 418 valence electrons. The Hall–Kier alpha value is -2.73. The van der Waals surface area contributed by atoms with Gasteiger partial charge >= 0.3 is 5.97 Å². The molecule has 3 saturated heterocycles. The lowest BCUT2D eigenvalue weighted by molar-refractivity contribution is -0.303. The van der Waals surface area contributed by atoms with Gasteiger partial charge in [0.15, 0.2) is 16.1 Å². The number of benzene rings is 1. The topological polar surface area (TPSA) is 236 Å². The van der Waals surface area contributed by atoms with Crippen LogP contribution in [0, 0.1) is 23.7 Å². The Balaban J connectivity index is 1.41. The van der Waals surface area contributed by atoms with Crippen LogP contribution in [0.3, 0.4) is 0 Å². The third-order valence-corrected chi connectivity index (χ3v) is 18.0. The maximum Gasteiger partial charge on any atom is 0.309 e. The number of sulfone groups is 1. The molecule has 0 spiro atoms. The molecular weight excluding hydrogens is 966 g/mol. The highest BCUT2D eigenvalue weighted by molar-refractivity contribution is 7.90. The molecule has 5 rings (SSSR count). The van der Waals surface area contributed by atoms with Crippen molar-refractivity contribution in [3.8, 4) is 0 Å². The number of ether oxygens (including phenoxy) is 5. The first-order chi connectivity index (χ1) is 33.9. The number of rotatable bonds is 15. The second kappa shape index (κ2) is 24.7. The molecule has 3 fully saturated rings. The van der Waals surface area contributed by atoms with E-state index < -0.39 is 124 Å². The summed E-state index contributed by atoms with van der Waals surface area (Å²) in [6.07, 6.45) is -3.64. The van der Waals surface area contributed by atoms with Gasteiger partial charge in [-0.2, -0.15) is 0 Å². The van der Waals surface area contributed by atoms with Crippen LogP contribution in [-0.4, -0.2) is 196 Å². The maximum atomic E-state index is 14.6. The highest BCUT2D eigenvalue weighted by Crippen LogP contribution is 2.45. The van der Waals surface area contributed by atoms with Gasteiger partial charge in [0.25, 0.3) is 0 Å². The minimum atomic E-state index is -3.38. The standard InChI is InChI=1S/C53H90FN5O13S/c1-16-43-53(11,65)46(61)35(7)58(13)28-30(2)25-51(9,64)48(33(5)44(34(6)49(63)71-43)42-26-52(10,68-14)47(62)36(8)70-42)72-50-45(60)40(24-31(3)69-50)57(12)23-17-18-38-29-59(56-55-38)41(27-54)32(4)37-19-21-39(22-20-37)73(15,66)67/h19-22,29-36,40-48,50,60-62,64-65H,16-18,23-28H2,1-15H3/t30-,31-,32-,33+,34-,35-,36+,40+,41-,42-,43-,44?,45-,46-,47+,48-,50+,51-,52-,53-/m1/s1. The minimum absolute atomic E-state index is 0.171. The molecule has 3 aliphatic heterocycles. The predicted octanol–water partition coefficient (Wildman–Crippen LogP) is 4.49. The first-order valence-electron chi connectivity index (χ1n) is 26.3. The molecule has 0 bridgehead atoms. The number of hydrogen-bond donors (Lipinski definition) is 5. The average Bonchev–Trinajstić information content (AvgIpc) is 3.79. The van der Waals surface area contributed by atoms with Crippen molar-refractivity contribution in [2.75, 3.05) is 47.2 Å². The van der Waals surface area contributed by atoms with Gasteiger partial charge in [0, 0.05) is 56.4 Å². The van der Waals surface area contributed by atoms with Gasteiger partial charge in [0.1, 0.15) is 36.7 Å². The molecule has 1 unspecified atom stereocenters. The van der Waals surface area contributed by atoms with Crippen LogP contribution in [0.1, 0.15) is 131 Å². The number of nitrogens with zero attached hydrogens (tertiary/aromatic N) is 5. The number of esters is 1. The van der Waals surface area contributed by atoms with Gasteiger partial charge in [-0.25, -0.2) is 17.5 Å². The van der Waals surface area contributed by atoms with Gasteiger partial charge in [-0.05, 0) is 124 Å². The fourth-order valence-electron chi connectivity index (χ4n) is 12.1. The molecule has 20 atom stereocenters. The minimum Gasteiger partial charge on any atom is -0.459 e. The molecule has 1 aromatic carbocycles. The van der Waals surface area contributed by atoms with Crippen LogP contribution < -0.4 is 0 Å². The first-order valence-corrected chi connectivity index (χ1v) is 28.2. The third kappa shape index (κ3) is 14.1. The molecule has 0 aliphatic carbocycles. The van der Waals surface area contributed by atoms with Gasteiger partial charge in [-0.1, -0.05) is 52.0 Å². The summed E-state index contributed by atoms with van der Waals surface area (Å²) >= 11 is 0. The molecule has 4 heterocycles. The van der Waals surface area contributed by atoms with E-state index >= 15 is 0 Å². The van der Waals surface area contributed by atoms with Crippen molar-refractivity contribution in [2.45, 2.75) is 216 Å². The van der Waals surface area contributed by atoms with Gasteiger partial charge in [0.2, 0.25) is 0 Å². The van der Waals surface area contributed by atoms with E-state index in [4.69, 9.17) is 23.7 Å². The third-order valence-electron chi connectivity index (χ3n) is 16.9. The molecule has 5 N–H and O–H groups in total. The Morgan fingerprint density at radius 2 is 1.64 bits per heavy atom. The quantitative estimate of drug-likeness (QED) is 0.155. The highest BCUT2D eigenvalue weighted by atomic mass is 32.2. The molecule has 3 aliphatic rings. The van der Waals surface area contributed by atoms with Crippen LogP contribution in [0.15, 0.2) is 35.4 Å². The predicted molar refractivity (Wildman–Crippen MR) is 273 cm³/mol. The lowest BCUT2D eigenvalue weighted by atomic mass is 9.68. The maximum absolute atomic E-state index is 14.6. The van der Waals surface area contributed by atoms with E-state index in [1.165, 1.54) is 30.8 Å². The fourth-order valence-corrected chi connectivity index (χ4v) is 12.8. The van der Waals surface area contributed by atoms with Crippen LogP contribution in [0.25, 0.3) is 0 Å². The monoisotopic (exact) mass is 1060 g/mol. The van der Waals surface area contributed by atoms with Crippen LogP contribution in [0.4, 0.5) is 4.39 Å². The normalized spacial score (nSPS) is 39.9. The summed E-state index contributed by atoms with van der Waals surface area (Å²) in [6.45, 7) is 19.9. The Bertz CT molecular complexity index is 2190. The number of halogens is 1. The lowest BCUT2D eigenvalue weighted by Gasteiger charge is -2.51. The smallest absolute Gasteiger partial charge is 0.309 e. The molecule has 73 heavy (non-hydrogen) atoms. The van der Waals surface area contributed by atoms with Gasteiger partial charge < -0.3 is 59.0 Å². The van der Waals surface area contributed by atoms with E-state index in [0.29, 0.717) is 38.0 Å². The Kier molecular flexibility index (Phi) is 20.7. The molecule has 2 aromatic rings. The number of carbonyl (C=O) groups excluding carboxylic acids is 1. The van der Waals surface area contributed by atoms with E-state index in [1.54, 1.807) is 59.9 Å². The van der Waals surface area contributed by atoms with Crippen LogP contribution >= 0.6 is 0 Å². The summed E-state index contributed by atoms with van der Waals surface area (Å²) in [4.78, 5) is 18.8. The SMILES string of the molecule is CC[C@H]1OC(=O)[C@H](C)C([C@H]2C[C@@](C)(OC)[C@@H](O)[C@H](C)O2)[C@H](C)[C@@H](O[C@@H]2O[C@H](C)C[C@H](N(C)CCCc3cn([C@H](CF)[C@H](C)c4ccc(S(C)(=O)=O)cc4)nn3)[C@H]2O)[C@](C)(O)C[C@@H](C)CN(C)[C@H](C)[C@@H](O)[C@]1(C)O. The van der Waals surface area contributed by atoms with Crippen molar-refractivity contribution in [3.05, 3.63) is 41.7 Å². The van der Waals surface area contributed by atoms with Gasteiger partial charge in [-0.15, -0.1) is 5.10 Å². The zero-order valence-corrected chi connectivity index (χ0v) is 46.9. The largest absolute Gasteiger partial charge is 0.459 e. The number of aliphatic hydroxyl groups is 5. The van der Waals surface area contributed by atoms with E-state index in [9.17, 15) is 43.1 Å². The Morgan fingerprint density at radius 1 is 1.00 bits per heavy atom. The molecule has 0 radical (unpaired) electrons. The summed E-state index contributed by atoms with van der Waals surface area (Å²) in [5.41, 5.74) is -3.08. The average molecular weight is 1060 g/mol. The second-order valence-electron chi connectivity index (χ2n) is 22.9. The number of aryl methyl sites for hydroxylation is 1. The Labute approximate surface area is 434 Å². The lowest BCUT2D eigenvalue weighted by Crippen LogP contribution is -2.62.